The standard InChI is InChI=1S/C22H25N3O3S/c1-16-14-18(7-8-19(16)28-15-22(2,3)27)25-12-11-24-20(21(25)26)29-13-9-17-6-4-5-10-23-17/h4-8,10-12,14,27H,9,13,15H2,1-3H3. The Morgan fingerprint density at radius 3 is 2.69 bits per heavy atom. The molecule has 0 radical (unpaired) electrons. The van der Waals surface area contributed by atoms with Crippen molar-refractivity contribution in [2.75, 3.05) is 12.4 Å². The second-order valence-corrected chi connectivity index (χ2v) is 8.46. The molecule has 0 unspecified atom stereocenters. The van der Waals surface area contributed by atoms with Gasteiger partial charge < -0.3 is 9.84 Å². The van der Waals surface area contributed by atoms with Gasteiger partial charge in [0.2, 0.25) is 0 Å². The molecule has 0 saturated heterocycles. The summed E-state index contributed by atoms with van der Waals surface area (Å²) in [5.74, 6) is 1.41. The third kappa shape index (κ3) is 5.92. The van der Waals surface area contributed by atoms with Crippen LogP contribution in [0.15, 0.2) is 64.8 Å². The molecule has 29 heavy (non-hydrogen) atoms. The second kappa shape index (κ2) is 9.24. The number of benzene rings is 1. The highest BCUT2D eigenvalue weighted by molar-refractivity contribution is 7.99. The lowest BCUT2D eigenvalue weighted by atomic mass is 10.1. The molecule has 0 fully saturated rings. The number of pyridine rings is 1. The van der Waals surface area contributed by atoms with Crippen molar-refractivity contribution in [3.8, 4) is 11.4 Å². The van der Waals surface area contributed by atoms with Crippen molar-refractivity contribution in [2.45, 2.75) is 37.8 Å². The highest BCUT2D eigenvalue weighted by atomic mass is 32.2. The zero-order valence-electron chi connectivity index (χ0n) is 16.8. The molecular weight excluding hydrogens is 386 g/mol. The first-order valence-corrected chi connectivity index (χ1v) is 10.4. The summed E-state index contributed by atoms with van der Waals surface area (Å²) in [6.07, 6.45) is 5.84. The van der Waals surface area contributed by atoms with Gasteiger partial charge in [0.25, 0.3) is 5.56 Å². The van der Waals surface area contributed by atoms with E-state index in [0.29, 0.717) is 10.8 Å². The second-order valence-electron chi connectivity index (χ2n) is 7.38. The van der Waals surface area contributed by atoms with Gasteiger partial charge in [-0.05, 0) is 63.1 Å². The van der Waals surface area contributed by atoms with Crippen LogP contribution in [0.3, 0.4) is 0 Å². The molecule has 0 spiro atoms. The molecule has 2 aromatic heterocycles. The minimum Gasteiger partial charge on any atom is -0.490 e. The quantitative estimate of drug-likeness (QED) is 0.573. The third-order valence-corrected chi connectivity index (χ3v) is 5.11. The van der Waals surface area contributed by atoms with Crippen LogP contribution in [0, 0.1) is 6.92 Å². The molecule has 0 atom stereocenters. The monoisotopic (exact) mass is 411 g/mol. The van der Waals surface area contributed by atoms with Crippen LogP contribution in [0.1, 0.15) is 25.1 Å². The fraction of sp³-hybridized carbons (Fsp3) is 0.318. The van der Waals surface area contributed by atoms with Crippen LogP contribution >= 0.6 is 11.8 Å². The molecule has 7 heteroatoms. The van der Waals surface area contributed by atoms with Gasteiger partial charge in [0, 0.05) is 35.7 Å². The van der Waals surface area contributed by atoms with Gasteiger partial charge >= 0.3 is 0 Å². The number of ether oxygens (including phenoxy) is 1. The van der Waals surface area contributed by atoms with Crippen molar-refractivity contribution < 1.29 is 9.84 Å². The van der Waals surface area contributed by atoms with E-state index in [1.807, 2.05) is 43.3 Å². The number of nitrogens with zero attached hydrogens (tertiary/aromatic N) is 3. The number of hydrogen-bond acceptors (Lipinski definition) is 6. The Balaban J connectivity index is 1.73. The number of aromatic nitrogens is 3. The third-order valence-electron chi connectivity index (χ3n) is 4.15. The molecule has 1 aromatic carbocycles. The molecular formula is C22H25N3O3S. The smallest absolute Gasteiger partial charge is 0.287 e. The first-order valence-electron chi connectivity index (χ1n) is 9.40. The fourth-order valence-electron chi connectivity index (χ4n) is 2.69. The Hall–Kier alpha value is -2.64. The molecule has 3 aromatic rings. The van der Waals surface area contributed by atoms with Gasteiger partial charge in [-0.2, -0.15) is 0 Å². The predicted molar refractivity (Wildman–Crippen MR) is 115 cm³/mol. The summed E-state index contributed by atoms with van der Waals surface area (Å²) in [4.78, 5) is 21.4. The van der Waals surface area contributed by atoms with Crippen LogP contribution < -0.4 is 10.3 Å². The molecule has 2 heterocycles. The van der Waals surface area contributed by atoms with Crippen molar-refractivity contribution in [3.05, 3.63) is 76.6 Å². The Morgan fingerprint density at radius 2 is 2.00 bits per heavy atom. The van der Waals surface area contributed by atoms with E-state index in [1.165, 1.54) is 11.8 Å². The van der Waals surface area contributed by atoms with E-state index >= 15 is 0 Å². The van der Waals surface area contributed by atoms with E-state index in [0.717, 1.165) is 29.1 Å². The van der Waals surface area contributed by atoms with Crippen LogP contribution in [0.25, 0.3) is 5.69 Å². The summed E-state index contributed by atoms with van der Waals surface area (Å²) in [6, 6.07) is 11.4. The summed E-state index contributed by atoms with van der Waals surface area (Å²) < 4.78 is 7.27. The van der Waals surface area contributed by atoms with E-state index in [4.69, 9.17) is 4.74 Å². The van der Waals surface area contributed by atoms with Crippen molar-refractivity contribution in [2.24, 2.45) is 0 Å². The van der Waals surface area contributed by atoms with Crippen LogP contribution in [0.4, 0.5) is 0 Å². The van der Waals surface area contributed by atoms with Gasteiger partial charge in [-0.15, -0.1) is 11.8 Å². The number of rotatable bonds is 8. The Bertz CT molecular complexity index is 1010. The maximum atomic E-state index is 12.9. The molecule has 0 aliphatic rings. The van der Waals surface area contributed by atoms with Gasteiger partial charge in [0.15, 0.2) is 5.03 Å². The van der Waals surface area contributed by atoms with Gasteiger partial charge in [0.1, 0.15) is 12.4 Å². The largest absolute Gasteiger partial charge is 0.490 e. The van der Waals surface area contributed by atoms with Crippen LogP contribution in [0.5, 0.6) is 5.75 Å². The van der Waals surface area contributed by atoms with Crippen molar-refractivity contribution in [1.82, 2.24) is 14.5 Å². The molecule has 1 N–H and O–H groups in total. The topological polar surface area (TPSA) is 77.2 Å². The first kappa shape index (κ1) is 21.1. The Kier molecular flexibility index (Phi) is 6.71. The van der Waals surface area contributed by atoms with Gasteiger partial charge in [-0.3, -0.25) is 14.3 Å². The van der Waals surface area contributed by atoms with E-state index in [2.05, 4.69) is 9.97 Å². The maximum Gasteiger partial charge on any atom is 0.287 e. The molecule has 0 aliphatic carbocycles. The summed E-state index contributed by atoms with van der Waals surface area (Å²) in [5.41, 5.74) is 1.57. The normalized spacial score (nSPS) is 11.4. The predicted octanol–water partition coefficient (Wildman–Crippen LogP) is 3.42. The Labute approximate surface area is 174 Å². The highest BCUT2D eigenvalue weighted by Crippen LogP contribution is 2.22. The lowest BCUT2D eigenvalue weighted by Gasteiger charge is -2.19. The lowest BCUT2D eigenvalue weighted by Crippen LogP contribution is -2.28. The minimum atomic E-state index is -0.908. The minimum absolute atomic E-state index is 0.150. The molecule has 6 nitrogen and oxygen atoms in total. The highest BCUT2D eigenvalue weighted by Gasteiger charge is 2.15. The Morgan fingerprint density at radius 1 is 1.17 bits per heavy atom. The van der Waals surface area contributed by atoms with Gasteiger partial charge in [-0.25, -0.2) is 4.98 Å². The van der Waals surface area contributed by atoms with Gasteiger partial charge in [-0.1, -0.05) is 6.07 Å². The van der Waals surface area contributed by atoms with Crippen LogP contribution in [-0.2, 0) is 6.42 Å². The molecule has 152 valence electrons. The zero-order chi connectivity index (χ0) is 20.9. The van der Waals surface area contributed by atoms with Crippen LogP contribution in [-0.4, -0.2) is 37.6 Å². The van der Waals surface area contributed by atoms with Crippen molar-refractivity contribution >= 4 is 11.8 Å². The summed E-state index contributed by atoms with van der Waals surface area (Å²) >= 11 is 1.43. The van der Waals surface area contributed by atoms with E-state index in [-0.39, 0.29) is 12.2 Å². The molecule has 0 aliphatic heterocycles. The summed E-state index contributed by atoms with van der Waals surface area (Å²) in [6.45, 7) is 5.50. The van der Waals surface area contributed by atoms with Gasteiger partial charge in [0.05, 0.1) is 5.60 Å². The lowest BCUT2D eigenvalue weighted by molar-refractivity contribution is 0.0282. The zero-order valence-corrected chi connectivity index (χ0v) is 17.6. The van der Waals surface area contributed by atoms with E-state index in [9.17, 15) is 9.90 Å². The number of hydrogen-bond donors (Lipinski definition) is 1. The molecule has 0 amide bonds. The number of aliphatic hydroxyl groups is 1. The fourth-order valence-corrected chi connectivity index (χ4v) is 3.56. The first-order chi connectivity index (χ1) is 13.8. The van der Waals surface area contributed by atoms with Crippen molar-refractivity contribution in [3.63, 3.8) is 0 Å². The summed E-state index contributed by atoms with van der Waals surface area (Å²) in [7, 11) is 0. The van der Waals surface area contributed by atoms with E-state index < -0.39 is 5.60 Å². The average molecular weight is 412 g/mol. The maximum absolute atomic E-state index is 12.9. The summed E-state index contributed by atoms with van der Waals surface area (Å²) in [5, 5.41) is 10.3. The SMILES string of the molecule is Cc1cc(-n2ccnc(SCCc3ccccn3)c2=O)ccc1OCC(C)(C)O. The number of aryl methyl sites for hydroxylation is 2. The van der Waals surface area contributed by atoms with E-state index in [1.54, 1.807) is 37.0 Å². The average Bonchev–Trinajstić information content (AvgIpc) is 2.68. The van der Waals surface area contributed by atoms with Crippen LogP contribution in [0.2, 0.25) is 0 Å². The molecule has 0 saturated carbocycles. The molecule has 0 bridgehead atoms. The number of thioether (sulfide) groups is 1. The van der Waals surface area contributed by atoms with Crippen molar-refractivity contribution in [1.29, 1.82) is 0 Å². The molecule has 3 rings (SSSR count).